The van der Waals surface area contributed by atoms with Crippen molar-refractivity contribution >= 4 is 34.3 Å². The van der Waals surface area contributed by atoms with Crippen molar-refractivity contribution in [3.63, 3.8) is 0 Å². The number of aryl methyl sites for hydroxylation is 1. The number of nitrogens with zero attached hydrogens (tertiary/aromatic N) is 3. The highest BCUT2D eigenvalue weighted by atomic mass is 32.2. The molecular formula is C28H24FN5OS. The summed E-state index contributed by atoms with van der Waals surface area (Å²) in [5.41, 5.74) is 3.76. The van der Waals surface area contributed by atoms with Crippen molar-refractivity contribution in [2.24, 2.45) is 0 Å². The van der Waals surface area contributed by atoms with E-state index in [1.165, 1.54) is 23.9 Å². The lowest BCUT2D eigenvalue weighted by molar-refractivity contribution is 0.251. The Balaban J connectivity index is 1.34. The van der Waals surface area contributed by atoms with E-state index in [4.69, 9.17) is 0 Å². The second-order valence-corrected chi connectivity index (χ2v) is 9.26. The van der Waals surface area contributed by atoms with Gasteiger partial charge in [-0.05, 0) is 48.2 Å². The van der Waals surface area contributed by atoms with Crippen LogP contribution in [0.15, 0.2) is 96.2 Å². The Kier molecular flexibility index (Phi) is 6.95. The summed E-state index contributed by atoms with van der Waals surface area (Å²) in [6.07, 6.45) is 0. The molecule has 0 spiro atoms. The largest absolute Gasteiger partial charge is 0.331 e. The van der Waals surface area contributed by atoms with E-state index in [0.29, 0.717) is 16.7 Å². The number of hydrogen-bond acceptors (Lipinski definition) is 4. The van der Waals surface area contributed by atoms with Crippen LogP contribution >= 0.6 is 11.8 Å². The number of fused-ring (bicyclic) bond motifs is 1. The first-order valence-electron chi connectivity index (χ1n) is 11.5. The minimum atomic E-state index is -0.328. The third kappa shape index (κ3) is 5.39. The third-order valence-electron chi connectivity index (χ3n) is 5.72. The van der Waals surface area contributed by atoms with Crippen LogP contribution in [0.3, 0.4) is 0 Å². The molecule has 0 aliphatic heterocycles. The molecule has 0 radical (unpaired) electrons. The Bertz CT molecular complexity index is 1490. The fourth-order valence-electron chi connectivity index (χ4n) is 3.85. The summed E-state index contributed by atoms with van der Waals surface area (Å²) in [4.78, 5) is 12.8. The topological polar surface area (TPSA) is 71.8 Å². The lowest BCUT2D eigenvalue weighted by Crippen LogP contribution is -2.29. The summed E-state index contributed by atoms with van der Waals surface area (Å²) in [5.74, 6) is 0.953. The Morgan fingerprint density at radius 2 is 1.67 bits per heavy atom. The van der Waals surface area contributed by atoms with Gasteiger partial charge < -0.3 is 10.6 Å². The number of carbonyl (C=O) groups excluding carboxylic acids is 1. The highest BCUT2D eigenvalue weighted by Gasteiger charge is 2.16. The fraction of sp³-hybridized carbons (Fsp3) is 0.107. The van der Waals surface area contributed by atoms with Gasteiger partial charge in [-0.1, -0.05) is 78.0 Å². The first-order chi connectivity index (χ1) is 17.6. The second kappa shape index (κ2) is 10.6. The number of hydrogen-bond donors (Lipinski definition) is 2. The zero-order valence-electron chi connectivity index (χ0n) is 19.6. The van der Waals surface area contributed by atoms with Crippen molar-refractivity contribution < 1.29 is 9.18 Å². The van der Waals surface area contributed by atoms with Crippen LogP contribution in [-0.4, -0.2) is 20.8 Å². The third-order valence-corrected chi connectivity index (χ3v) is 6.72. The van der Waals surface area contributed by atoms with Crippen LogP contribution in [0.5, 0.6) is 0 Å². The molecule has 0 aliphatic carbocycles. The highest BCUT2D eigenvalue weighted by Crippen LogP contribution is 2.26. The standard InChI is InChI=1S/C28H24FN5OS/c1-19-9-15-23(16-10-19)34-26(32-33-28(34)36-18-20-11-13-22(29)14-12-20)17-30-27(35)31-25-8-4-6-21-5-2-3-7-24(21)25/h2-16H,17-18H2,1H3,(H2,30,31,35). The van der Waals surface area contributed by atoms with Crippen molar-refractivity contribution in [2.75, 3.05) is 5.32 Å². The van der Waals surface area contributed by atoms with Gasteiger partial charge >= 0.3 is 6.03 Å². The molecule has 1 heterocycles. The number of halogens is 1. The maximum absolute atomic E-state index is 13.3. The molecule has 0 bridgehead atoms. The number of thioether (sulfide) groups is 1. The van der Waals surface area contributed by atoms with Gasteiger partial charge in [0.2, 0.25) is 0 Å². The van der Waals surface area contributed by atoms with E-state index in [-0.39, 0.29) is 18.4 Å². The number of nitrogens with one attached hydrogen (secondary N) is 2. The lowest BCUT2D eigenvalue weighted by atomic mass is 10.1. The molecular weight excluding hydrogens is 473 g/mol. The van der Waals surface area contributed by atoms with Gasteiger partial charge in [0, 0.05) is 16.8 Å². The van der Waals surface area contributed by atoms with E-state index in [9.17, 15) is 9.18 Å². The van der Waals surface area contributed by atoms with Crippen molar-refractivity contribution in [1.29, 1.82) is 0 Å². The van der Waals surface area contributed by atoms with Crippen LogP contribution in [0.1, 0.15) is 17.0 Å². The van der Waals surface area contributed by atoms with Crippen LogP contribution in [-0.2, 0) is 12.3 Å². The monoisotopic (exact) mass is 497 g/mol. The van der Waals surface area contributed by atoms with Gasteiger partial charge in [-0.15, -0.1) is 10.2 Å². The molecule has 0 aliphatic rings. The predicted octanol–water partition coefficient (Wildman–Crippen LogP) is 6.48. The van der Waals surface area contributed by atoms with E-state index < -0.39 is 0 Å². The summed E-state index contributed by atoms with van der Waals surface area (Å²) in [6, 6.07) is 27.8. The molecule has 5 aromatic rings. The summed E-state index contributed by atoms with van der Waals surface area (Å²) in [7, 11) is 0. The zero-order valence-corrected chi connectivity index (χ0v) is 20.4. The molecule has 6 nitrogen and oxygen atoms in total. The van der Waals surface area contributed by atoms with Crippen LogP contribution in [0, 0.1) is 12.7 Å². The smallest absolute Gasteiger partial charge is 0.319 e. The summed E-state index contributed by atoms with van der Waals surface area (Å²) < 4.78 is 15.2. The Morgan fingerprint density at radius 1 is 0.917 bits per heavy atom. The predicted molar refractivity (Wildman–Crippen MR) is 142 cm³/mol. The molecule has 5 rings (SSSR count). The van der Waals surface area contributed by atoms with Gasteiger partial charge in [0.15, 0.2) is 11.0 Å². The lowest BCUT2D eigenvalue weighted by Gasteiger charge is -2.12. The van der Waals surface area contributed by atoms with Crippen molar-refractivity contribution in [1.82, 2.24) is 20.1 Å². The molecule has 0 atom stereocenters. The fourth-order valence-corrected chi connectivity index (χ4v) is 4.78. The molecule has 2 amide bonds. The molecule has 0 fully saturated rings. The maximum Gasteiger partial charge on any atom is 0.319 e. The molecule has 180 valence electrons. The van der Waals surface area contributed by atoms with Crippen LogP contribution in [0.4, 0.5) is 14.9 Å². The average molecular weight is 498 g/mol. The minimum absolute atomic E-state index is 0.189. The van der Waals surface area contributed by atoms with Crippen LogP contribution < -0.4 is 10.6 Å². The van der Waals surface area contributed by atoms with E-state index in [1.807, 2.05) is 78.2 Å². The molecule has 0 saturated carbocycles. The Hall–Kier alpha value is -4.17. The molecule has 1 aromatic heterocycles. The van der Waals surface area contributed by atoms with Crippen molar-refractivity contribution in [3.8, 4) is 5.69 Å². The van der Waals surface area contributed by atoms with Crippen molar-refractivity contribution in [3.05, 3.63) is 114 Å². The van der Waals surface area contributed by atoms with Gasteiger partial charge in [-0.2, -0.15) is 0 Å². The number of aromatic nitrogens is 3. The van der Waals surface area contributed by atoms with E-state index >= 15 is 0 Å². The molecule has 0 saturated heterocycles. The van der Waals surface area contributed by atoms with Gasteiger partial charge in [-0.25, -0.2) is 9.18 Å². The number of carbonyl (C=O) groups is 1. The average Bonchev–Trinajstić information content (AvgIpc) is 3.30. The summed E-state index contributed by atoms with van der Waals surface area (Å²) in [6.45, 7) is 2.22. The van der Waals surface area contributed by atoms with Gasteiger partial charge in [-0.3, -0.25) is 4.57 Å². The van der Waals surface area contributed by atoms with Crippen LogP contribution in [0.25, 0.3) is 16.5 Å². The zero-order chi connectivity index (χ0) is 24.9. The molecule has 8 heteroatoms. The number of anilines is 1. The van der Waals surface area contributed by atoms with E-state index in [1.54, 1.807) is 12.1 Å². The first kappa shape index (κ1) is 23.6. The summed E-state index contributed by atoms with van der Waals surface area (Å²) in [5, 5.41) is 17.3. The highest BCUT2D eigenvalue weighted by molar-refractivity contribution is 7.98. The summed E-state index contributed by atoms with van der Waals surface area (Å²) >= 11 is 1.50. The molecule has 4 aromatic carbocycles. The second-order valence-electron chi connectivity index (χ2n) is 8.32. The van der Waals surface area contributed by atoms with E-state index in [2.05, 4.69) is 20.8 Å². The Morgan fingerprint density at radius 3 is 2.47 bits per heavy atom. The van der Waals surface area contributed by atoms with E-state index in [0.717, 1.165) is 33.3 Å². The number of rotatable bonds is 7. The van der Waals surface area contributed by atoms with Gasteiger partial charge in [0.05, 0.1) is 12.2 Å². The van der Waals surface area contributed by atoms with Gasteiger partial charge in [0.1, 0.15) is 5.82 Å². The molecule has 36 heavy (non-hydrogen) atoms. The number of amides is 2. The maximum atomic E-state index is 13.3. The number of urea groups is 1. The molecule has 0 unspecified atom stereocenters. The Labute approximate surface area is 212 Å². The quantitative estimate of drug-likeness (QED) is 0.252. The van der Waals surface area contributed by atoms with Crippen LogP contribution in [0.2, 0.25) is 0 Å². The first-order valence-corrected chi connectivity index (χ1v) is 12.5. The van der Waals surface area contributed by atoms with Crippen molar-refractivity contribution in [2.45, 2.75) is 24.4 Å². The SMILES string of the molecule is Cc1ccc(-n2c(CNC(=O)Nc3cccc4ccccc34)nnc2SCc2ccc(F)cc2)cc1. The van der Waals surface area contributed by atoms with Gasteiger partial charge in [0.25, 0.3) is 0 Å². The minimum Gasteiger partial charge on any atom is -0.331 e. The molecule has 2 N–H and O–H groups in total. The normalized spacial score (nSPS) is 10.9. The number of benzene rings is 4.